The number of carbonyl (C=O) groups excluding carboxylic acids is 2. The second-order valence-corrected chi connectivity index (χ2v) is 8.16. The molecule has 1 aliphatic rings. The molecule has 0 saturated heterocycles. The van der Waals surface area contributed by atoms with Crippen molar-refractivity contribution in [2.45, 2.75) is 37.9 Å². The van der Waals surface area contributed by atoms with Crippen molar-refractivity contribution in [1.82, 2.24) is 10.6 Å². The number of carboxylic acid groups (broad SMARTS) is 1. The van der Waals surface area contributed by atoms with Crippen LogP contribution in [0.5, 0.6) is 0 Å². The lowest BCUT2D eigenvalue weighted by molar-refractivity contribution is -0.160. The van der Waals surface area contributed by atoms with E-state index < -0.39 is 42.5 Å². The molecule has 0 spiro atoms. The van der Waals surface area contributed by atoms with E-state index >= 15 is 0 Å². The normalized spacial score (nSPS) is 14.5. The zero-order valence-electron chi connectivity index (χ0n) is 18.4. The van der Waals surface area contributed by atoms with E-state index in [-0.39, 0.29) is 25.5 Å². The molecule has 0 fully saturated rings. The van der Waals surface area contributed by atoms with Crippen molar-refractivity contribution in [2.75, 3.05) is 13.2 Å². The highest BCUT2D eigenvalue weighted by Crippen LogP contribution is 2.44. The van der Waals surface area contributed by atoms with E-state index in [9.17, 15) is 27.6 Å². The summed E-state index contributed by atoms with van der Waals surface area (Å²) in [6.45, 7) is 1.58. The lowest BCUT2D eigenvalue weighted by Crippen LogP contribution is -2.45. The number of carboxylic acids is 1. The van der Waals surface area contributed by atoms with Crippen LogP contribution in [-0.2, 0) is 14.3 Å². The summed E-state index contributed by atoms with van der Waals surface area (Å²) in [6.07, 6.45) is -6.99. The lowest BCUT2D eigenvalue weighted by atomic mass is 9.98. The minimum absolute atomic E-state index is 0.0300. The number of amides is 2. The minimum Gasteiger partial charge on any atom is -0.480 e. The number of hydrogen-bond acceptors (Lipinski definition) is 4. The van der Waals surface area contributed by atoms with Crippen LogP contribution in [0, 0.1) is 5.92 Å². The summed E-state index contributed by atoms with van der Waals surface area (Å²) in [5, 5.41) is 13.3. The highest BCUT2D eigenvalue weighted by Gasteiger charge is 2.36. The highest BCUT2D eigenvalue weighted by atomic mass is 19.4. The average Bonchev–Trinajstić information content (AvgIpc) is 3.10. The van der Waals surface area contributed by atoms with Gasteiger partial charge < -0.3 is 20.5 Å². The van der Waals surface area contributed by atoms with Crippen LogP contribution in [0.4, 0.5) is 18.0 Å². The van der Waals surface area contributed by atoms with Gasteiger partial charge in [-0.1, -0.05) is 55.5 Å². The first-order valence-electron chi connectivity index (χ1n) is 10.8. The molecule has 2 amide bonds. The average molecular weight is 478 g/mol. The van der Waals surface area contributed by atoms with E-state index in [1.807, 2.05) is 53.8 Å². The fourth-order valence-electron chi connectivity index (χ4n) is 3.92. The Labute approximate surface area is 194 Å². The number of alkyl carbamates (subject to hydrolysis) is 1. The van der Waals surface area contributed by atoms with Crippen molar-refractivity contribution in [3.63, 3.8) is 0 Å². The van der Waals surface area contributed by atoms with E-state index in [2.05, 4.69) is 5.32 Å². The predicted octanol–water partition coefficient (Wildman–Crippen LogP) is 4.07. The molecule has 0 saturated carbocycles. The number of rotatable bonds is 9. The summed E-state index contributed by atoms with van der Waals surface area (Å²) in [5.41, 5.74) is 4.32. The van der Waals surface area contributed by atoms with Gasteiger partial charge in [0.1, 0.15) is 12.6 Å². The standard InChI is InChI=1S/C24H25F3N2O5/c1-14(21(30)29-20(22(31)32)12-24(25,26)27)10-11-28-23(33)34-13-19-17-8-4-2-6-15(17)16-7-3-5-9-18(16)19/h2-9,14,19-20H,10-13H2,1H3,(H,28,33)(H,29,30)(H,31,32). The summed E-state index contributed by atoms with van der Waals surface area (Å²) < 4.78 is 42.8. The molecule has 2 unspecified atom stereocenters. The number of hydrogen-bond donors (Lipinski definition) is 3. The Morgan fingerprint density at radius 1 is 1.03 bits per heavy atom. The number of halogens is 3. The van der Waals surface area contributed by atoms with Crippen LogP contribution in [0.3, 0.4) is 0 Å². The van der Waals surface area contributed by atoms with E-state index in [1.54, 1.807) is 0 Å². The first-order chi connectivity index (χ1) is 16.1. The summed E-state index contributed by atoms with van der Waals surface area (Å²) >= 11 is 0. The monoisotopic (exact) mass is 478 g/mol. The van der Waals surface area contributed by atoms with Crippen molar-refractivity contribution in [2.24, 2.45) is 5.92 Å². The maximum Gasteiger partial charge on any atom is 0.407 e. The highest BCUT2D eigenvalue weighted by molar-refractivity contribution is 5.85. The van der Waals surface area contributed by atoms with Gasteiger partial charge in [-0.05, 0) is 28.7 Å². The van der Waals surface area contributed by atoms with Gasteiger partial charge in [-0.25, -0.2) is 9.59 Å². The first kappa shape index (κ1) is 25.1. The van der Waals surface area contributed by atoms with Crippen LogP contribution < -0.4 is 10.6 Å². The largest absolute Gasteiger partial charge is 0.480 e. The molecule has 10 heteroatoms. The molecular formula is C24H25F3N2O5. The molecule has 3 rings (SSSR count). The quantitative estimate of drug-likeness (QED) is 0.504. The van der Waals surface area contributed by atoms with E-state index in [0.717, 1.165) is 22.3 Å². The Hall–Kier alpha value is -3.56. The molecule has 1 aliphatic carbocycles. The molecule has 0 bridgehead atoms. The number of carbonyl (C=O) groups is 3. The number of fused-ring (bicyclic) bond motifs is 3. The number of nitrogens with one attached hydrogen (secondary N) is 2. The topological polar surface area (TPSA) is 105 Å². The number of ether oxygens (including phenoxy) is 1. The van der Waals surface area contributed by atoms with Crippen LogP contribution in [0.15, 0.2) is 48.5 Å². The Kier molecular flexibility index (Phi) is 7.80. The van der Waals surface area contributed by atoms with E-state index in [4.69, 9.17) is 9.84 Å². The van der Waals surface area contributed by atoms with Gasteiger partial charge in [0, 0.05) is 18.4 Å². The van der Waals surface area contributed by atoms with Gasteiger partial charge in [0.15, 0.2) is 0 Å². The number of aliphatic carboxylic acids is 1. The van der Waals surface area contributed by atoms with Crippen LogP contribution in [0.1, 0.15) is 36.8 Å². The van der Waals surface area contributed by atoms with Gasteiger partial charge in [-0.15, -0.1) is 0 Å². The second kappa shape index (κ2) is 10.6. The maximum atomic E-state index is 12.5. The first-order valence-corrected chi connectivity index (χ1v) is 10.8. The van der Waals surface area contributed by atoms with Crippen molar-refractivity contribution in [3.8, 4) is 11.1 Å². The molecule has 34 heavy (non-hydrogen) atoms. The molecular weight excluding hydrogens is 453 g/mol. The Morgan fingerprint density at radius 3 is 2.12 bits per heavy atom. The lowest BCUT2D eigenvalue weighted by Gasteiger charge is -2.19. The van der Waals surface area contributed by atoms with E-state index in [0.29, 0.717) is 0 Å². The van der Waals surface area contributed by atoms with E-state index in [1.165, 1.54) is 6.92 Å². The fourth-order valence-corrected chi connectivity index (χ4v) is 3.92. The molecule has 2 aromatic rings. The molecule has 0 heterocycles. The van der Waals surface area contributed by atoms with Gasteiger partial charge in [-0.3, -0.25) is 4.79 Å². The van der Waals surface area contributed by atoms with Crippen LogP contribution in [-0.4, -0.2) is 48.4 Å². The minimum atomic E-state index is -4.73. The van der Waals surface area contributed by atoms with Crippen molar-refractivity contribution in [1.29, 1.82) is 0 Å². The Morgan fingerprint density at radius 2 is 1.59 bits per heavy atom. The zero-order valence-corrected chi connectivity index (χ0v) is 18.4. The summed E-state index contributed by atoms with van der Waals surface area (Å²) in [5.74, 6) is -3.53. The Bertz CT molecular complexity index is 1010. The van der Waals surface area contributed by atoms with Gasteiger partial charge in [0.25, 0.3) is 0 Å². The molecule has 182 valence electrons. The summed E-state index contributed by atoms with van der Waals surface area (Å²) in [4.78, 5) is 35.2. The summed E-state index contributed by atoms with van der Waals surface area (Å²) in [7, 11) is 0. The van der Waals surface area contributed by atoms with Crippen molar-refractivity contribution in [3.05, 3.63) is 59.7 Å². The van der Waals surface area contributed by atoms with Crippen LogP contribution in [0.2, 0.25) is 0 Å². The van der Waals surface area contributed by atoms with Gasteiger partial charge in [0.05, 0.1) is 6.42 Å². The van der Waals surface area contributed by atoms with Gasteiger partial charge >= 0.3 is 18.2 Å². The molecule has 7 nitrogen and oxygen atoms in total. The van der Waals surface area contributed by atoms with Gasteiger partial charge in [0.2, 0.25) is 5.91 Å². The van der Waals surface area contributed by atoms with Crippen molar-refractivity contribution < 1.29 is 37.4 Å². The van der Waals surface area contributed by atoms with Gasteiger partial charge in [-0.2, -0.15) is 13.2 Å². The zero-order chi connectivity index (χ0) is 24.9. The number of benzene rings is 2. The smallest absolute Gasteiger partial charge is 0.407 e. The molecule has 3 N–H and O–H groups in total. The van der Waals surface area contributed by atoms with Crippen LogP contribution >= 0.6 is 0 Å². The maximum absolute atomic E-state index is 12.5. The second-order valence-electron chi connectivity index (χ2n) is 8.16. The SMILES string of the molecule is CC(CCNC(=O)OCC1c2ccccc2-c2ccccc21)C(=O)NC(CC(F)(F)F)C(=O)O. The third-order valence-corrected chi connectivity index (χ3v) is 5.69. The van der Waals surface area contributed by atoms with Crippen molar-refractivity contribution >= 4 is 18.0 Å². The number of alkyl halides is 3. The fraction of sp³-hybridized carbons (Fsp3) is 0.375. The third-order valence-electron chi connectivity index (χ3n) is 5.69. The van der Waals surface area contributed by atoms with Crippen LogP contribution in [0.25, 0.3) is 11.1 Å². The third kappa shape index (κ3) is 6.27. The summed E-state index contributed by atoms with van der Waals surface area (Å²) in [6, 6.07) is 13.7. The molecule has 0 radical (unpaired) electrons. The molecule has 0 aromatic heterocycles. The molecule has 2 atom stereocenters. The Balaban J connectivity index is 1.46. The molecule has 0 aliphatic heterocycles. The predicted molar refractivity (Wildman–Crippen MR) is 117 cm³/mol. The molecule has 2 aromatic carbocycles.